The van der Waals surface area contributed by atoms with Crippen molar-refractivity contribution in [3.63, 3.8) is 0 Å². The van der Waals surface area contributed by atoms with E-state index in [1.54, 1.807) is 7.11 Å². The Hall–Kier alpha value is -1.55. The first-order valence-electron chi connectivity index (χ1n) is 6.60. The molecule has 4 nitrogen and oxygen atoms in total. The van der Waals surface area contributed by atoms with Gasteiger partial charge in [-0.1, -0.05) is 25.1 Å². The summed E-state index contributed by atoms with van der Waals surface area (Å²) < 4.78 is 5.32. The van der Waals surface area contributed by atoms with Crippen LogP contribution in [0.25, 0.3) is 0 Å². The maximum Gasteiger partial charge on any atom is 0.303 e. The molecule has 0 heterocycles. The molecule has 0 saturated carbocycles. The number of carboxylic acid groups (broad SMARTS) is 1. The van der Waals surface area contributed by atoms with Crippen molar-refractivity contribution in [2.24, 2.45) is 17.6 Å². The number of aliphatic carboxylic acids is 1. The van der Waals surface area contributed by atoms with E-state index in [4.69, 9.17) is 15.6 Å². The van der Waals surface area contributed by atoms with E-state index >= 15 is 0 Å². The lowest BCUT2D eigenvalue weighted by molar-refractivity contribution is -0.138. The standard InChI is InChI=1S/C15H23NO3/c1-11(7-12(10-16)9-15(17)18)8-13-5-3-4-6-14(13)19-2/h3-6,11-12H,7-10,16H2,1-2H3,(H,17,18). The number of methoxy groups -OCH3 is 1. The van der Waals surface area contributed by atoms with Crippen LogP contribution >= 0.6 is 0 Å². The molecule has 0 aliphatic rings. The Labute approximate surface area is 114 Å². The summed E-state index contributed by atoms with van der Waals surface area (Å²) >= 11 is 0. The van der Waals surface area contributed by atoms with Gasteiger partial charge in [-0.3, -0.25) is 4.79 Å². The zero-order valence-electron chi connectivity index (χ0n) is 11.6. The van der Waals surface area contributed by atoms with Crippen LogP contribution in [-0.2, 0) is 11.2 Å². The number of ether oxygens (including phenoxy) is 1. The van der Waals surface area contributed by atoms with E-state index in [-0.39, 0.29) is 12.3 Å². The summed E-state index contributed by atoms with van der Waals surface area (Å²) in [6.45, 7) is 2.54. The monoisotopic (exact) mass is 265 g/mol. The lowest BCUT2D eigenvalue weighted by atomic mass is 9.89. The van der Waals surface area contributed by atoms with Crippen LogP contribution in [0.4, 0.5) is 0 Å². The SMILES string of the molecule is COc1ccccc1CC(C)CC(CN)CC(=O)O. The van der Waals surface area contributed by atoms with E-state index in [0.717, 1.165) is 24.2 Å². The van der Waals surface area contributed by atoms with Crippen molar-refractivity contribution < 1.29 is 14.6 Å². The number of nitrogens with two attached hydrogens (primary N) is 1. The molecule has 1 aromatic carbocycles. The molecular formula is C15H23NO3. The van der Waals surface area contributed by atoms with E-state index in [1.807, 2.05) is 24.3 Å². The molecule has 0 spiro atoms. The van der Waals surface area contributed by atoms with Crippen molar-refractivity contribution in [2.45, 2.75) is 26.2 Å². The third-order valence-corrected chi connectivity index (χ3v) is 3.29. The fourth-order valence-electron chi connectivity index (χ4n) is 2.41. The molecule has 19 heavy (non-hydrogen) atoms. The van der Waals surface area contributed by atoms with Crippen LogP contribution in [0.1, 0.15) is 25.3 Å². The van der Waals surface area contributed by atoms with Crippen LogP contribution in [0.5, 0.6) is 5.75 Å². The van der Waals surface area contributed by atoms with Crippen LogP contribution in [-0.4, -0.2) is 24.7 Å². The minimum absolute atomic E-state index is 0.0437. The topological polar surface area (TPSA) is 72.5 Å². The molecule has 0 bridgehead atoms. The minimum atomic E-state index is -0.778. The van der Waals surface area contributed by atoms with E-state index in [9.17, 15) is 4.79 Å². The first-order valence-corrected chi connectivity index (χ1v) is 6.60. The van der Waals surface area contributed by atoms with Gasteiger partial charge in [0.15, 0.2) is 0 Å². The molecular weight excluding hydrogens is 242 g/mol. The lowest BCUT2D eigenvalue weighted by Gasteiger charge is -2.19. The van der Waals surface area contributed by atoms with Crippen molar-refractivity contribution >= 4 is 5.97 Å². The maximum atomic E-state index is 10.7. The van der Waals surface area contributed by atoms with E-state index in [0.29, 0.717) is 12.5 Å². The van der Waals surface area contributed by atoms with Crippen molar-refractivity contribution in [3.05, 3.63) is 29.8 Å². The van der Waals surface area contributed by atoms with Crippen molar-refractivity contribution in [1.82, 2.24) is 0 Å². The van der Waals surface area contributed by atoms with Crippen molar-refractivity contribution in [3.8, 4) is 5.75 Å². The Morgan fingerprint density at radius 2 is 2.11 bits per heavy atom. The molecule has 0 radical (unpaired) electrons. The molecule has 3 N–H and O–H groups in total. The minimum Gasteiger partial charge on any atom is -0.496 e. The number of para-hydroxylation sites is 1. The molecule has 0 aliphatic heterocycles. The molecule has 106 valence electrons. The van der Waals surface area contributed by atoms with Gasteiger partial charge in [-0.05, 0) is 42.9 Å². The number of benzene rings is 1. The summed E-state index contributed by atoms with van der Waals surface area (Å²) in [6, 6.07) is 7.92. The molecule has 1 aromatic rings. The zero-order chi connectivity index (χ0) is 14.3. The third-order valence-electron chi connectivity index (χ3n) is 3.29. The summed E-state index contributed by atoms with van der Waals surface area (Å²) in [5.41, 5.74) is 6.79. The van der Waals surface area contributed by atoms with Crippen LogP contribution in [0.15, 0.2) is 24.3 Å². The maximum absolute atomic E-state index is 10.7. The van der Waals surface area contributed by atoms with Gasteiger partial charge in [-0.25, -0.2) is 0 Å². The largest absolute Gasteiger partial charge is 0.496 e. The highest BCUT2D eigenvalue weighted by atomic mass is 16.5. The summed E-state index contributed by atoms with van der Waals surface area (Å²) in [4.78, 5) is 10.7. The normalized spacial score (nSPS) is 13.8. The van der Waals surface area contributed by atoms with Gasteiger partial charge in [0.1, 0.15) is 5.75 Å². The summed E-state index contributed by atoms with van der Waals surface area (Å²) in [7, 11) is 1.66. The average molecular weight is 265 g/mol. The lowest BCUT2D eigenvalue weighted by Crippen LogP contribution is -2.21. The van der Waals surface area contributed by atoms with Gasteiger partial charge in [0.2, 0.25) is 0 Å². The predicted octanol–water partition coefficient (Wildman–Crippen LogP) is 2.31. The fourth-order valence-corrected chi connectivity index (χ4v) is 2.41. The highest BCUT2D eigenvalue weighted by Crippen LogP contribution is 2.24. The molecule has 2 unspecified atom stereocenters. The predicted molar refractivity (Wildman–Crippen MR) is 75.3 cm³/mol. The number of hydrogen-bond donors (Lipinski definition) is 2. The first kappa shape index (κ1) is 15.5. The number of carboxylic acids is 1. The van der Waals surface area contributed by atoms with Gasteiger partial charge >= 0.3 is 5.97 Å². The Morgan fingerprint density at radius 3 is 2.68 bits per heavy atom. The molecule has 1 rings (SSSR count). The molecule has 0 amide bonds. The van der Waals surface area contributed by atoms with Crippen molar-refractivity contribution in [1.29, 1.82) is 0 Å². The fraction of sp³-hybridized carbons (Fsp3) is 0.533. The highest BCUT2D eigenvalue weighted by Gasteiger charge is 2.16. The molecule has 0 fully saturated rings. The van der Waals surface area contributed by atoms with Gasteiger partial charge in [0, 0.05) is 6.42 Å². The Balaban J connectivity index is 2.58. The first-order chi connectivity index (χ1) is 9.06. The smallest absolute Gasteiger partial charge is 0.303 e. The van der Waals surface area contributed by atoms with Gasteiger partial charge in [0.25, 0.3) is 0 Å². The Morgan fingerprint density at radius 1 is 1.42 bits per heavy atom. The van der Waals surface area contributed by atoms with Gasteiger partial charge in [-0.15, -0.1) is 0 Å². The molecule has 2 atom stereocenters. The van der Waals surface area contributed by atoms with E-state index in [2.05, 4.69) is 6.92 Å². The molecule has 4 heteroatoms. The van der Waals surface area contributed by atoms with Gasteiger partial charge in [0.05, 0.1) is 7.11 Å². The average Bonchev–Trinajstić information content (AvgIpc) is 2.38. The quantitative estimate of drug-likeness (QED) is 0.756. The number of carbonyl (C=O) groups is 1. The van der Waals surface area contributed by atoms with Crippen LogP contribution < -0.4 is 10.5 Å². The third kappa shape index (κ3) is 5.30. The summed E-state index contributed by atoms with van der Waals surface area (Å²) in [6.07, 6.45) is 1.84. The summed E-state index contributed by atoms with van der Waals surface area (Å²) in [5.74, 6) is 0.531. The van der Waals surface area contributed by atoms with E-state index in [1.165, 1.54) is 0 Å². The molecule has 0 saturated heterocycles. The van der Waals surface area contributed by atoms with Gasteiger partial charge in [-0.2, -0.15) is 0 Å². The second kappa shape index (κ2) is 7.79. The van der Waals surface area contributed by atoms with Crippen LogP contribution in [0, 0.1) is 11.8 Å². The molecule has 0 aromatic heterocycles. The molecule has 0 aliphatic carbocycles. The highest BCUT2D eigenvalue weighted by molar-refractivity contribution is 5.67. The van der Waals surface area contributed by atoms with Gasteiger partial charge < -0.3 is 15.6 Å². The van der Waals surface area contributed by atoms with E-state index < -0.39 is 5.97 Å². The Kier molecular flexibility index (Phi) is 6.36. The Bertz CT molecular complexity index is 406. The second-order valence-corrected chi connectivity index (χ2v) is 5.06. The van der Waals surface area contributed by atoms with Crippen LogP contribution in [0.3, 0.4) is 0 Å². The van der Waals surface area contributed by atoms with Crippen molar-refractivity contribution in [2.75, 3.05) is 13.7 Å². The summed E-state index contributed by atoms with van der Waals surface area (Å²) in [5, 5.41) is 8.82. The number of rotatable bonds is 8. The number of hydrogen-bond acceptors (Lipinski definition) is 3. The van der Waals surface area contributed by atoms with Crippen LogP contribution in [0.2, 0.25) is 0 Å². The zero-order valence-corrected chi connectivity index (χ0v) is 11.6. The second-order valence-electron chi connectivity index (χ2n) is 5.06.